The number of carbonyl (C=O) groups is 1. The van der Waals surface area contributed by atoms with E-state index in [4.69, 9.17) is 0 Å². The predicted molar refractivity (Wildman–Crippen MR) is 127 cm³/mol. The van der Waals surface area contributed by atoms with Crippen molar-refractivity contribution in [2.24, 2.45) is 0 Å². The summed E-state index contributed by atoms with van der Waals surface area (Å²) in [6.07, 6.45) is 1.65. The summed E-state index contributed by atoms with van der Waals surface area (Å²) < 4.78 is 16.7. The second kappa shape index (κ2) is 8.70. The summed E-state index contributed by atoms with van der Waals surface area (Å²) in [5.41, 5.74) is 2.81. The predicted octanol–water partition coefficient (Wildman–Crippen LogP) is 5.44. The van der Waals surface area contributed by atoms with Crippen molar-refractivity contribution < 1.29 is 9.18 Å². The van der Waals surface area contributed by atoms with E-state index < -0.39 is 0 Å². The van der Waals surface area contributed by atoms with Gasteiger partial charge in [0.05, 0.1) is 16.4 Å². The molecule has 0 aliphatic rings. The molecule has 6 nitrogen and oxygen atoms in total. The van der Waals surface area contributed by atoms with Crippen LogP contribution in [0.3, 0.4) is 0 Å². The van der Waals surface area contributed by atoms with Crippen LogP contribution in [0, 0.1) is 5.82 Å². The Kier molecular flexibility index (Phi) is 5.97. The smallest absolute Gasteiger partial charge is 0.251 e. The minimum atomic E-state index is -0.338. The van der Waals surface area contributed by atoms with Crippen molar-refractivity contribution in [3.05, 3.63) is 82.2 Å². The average Bonchev–Trinajstić information content (AvgIpc) is 3.12. The van der Waals surface area contributed by atoms with Gasteiger partial charge < -0.3 is 10.6 Å². The lowest BCUT2D eigenvalue weighted by Gasteiger charge is -2.20. The van der Waals surface area contributed by atoms with E-state index in [9.17, 15) is 9.18 Å². The number of hydrogen-bond acceptors (Lipinski definition) is 4. The van der Waals surface area contributed by atoms with Gasteiger partial charge in [-0.25, -0.2) is 9.37 Å². The summed E-state index contributed by atoms with van der Waals surface area (Å²) in [6.45, 7) is 6.33. The molecule has 0 radical (unpaired) electrons. The van der Waals surface area contributed by atoms with Crippen molar-refractivity contribution >= 4 is 33.3 Å². The van der Waals surface area contributed by atoms with E-state index in [1.165, 1.54) is 6.07 Å². The van der Waals surface area contributed by atoms with Gasteiger partial charge in [0.15, 0.2) is 5.65 Å². The number of fused-ring (bicyclic) bond motifs is 1. The highest BCUT2D eigenvalue weighted by atomic mass is 79.9. The number of hydrogen-bond donors (Lipinski definition) is 2. The van der Waals surface area contributed by atoms with Crippen LogP contribution in [0.15, 0.2) is 65.3 Å². The first-order valence-corrected chi connectivity index (χ1v) is 10.9. The number of anilines is 1. The fraction of sp³-hybridized carbons (Fsp3) is 0.208. The first-order valence-electron chi connectivity index (χ1n) is 10.2. The summed E-state index contributed by atoms with van der Waals surface area (Å²) in [6, 6.07) is 15.7. The molecule has 1 amide bonds. The number of nitrogens with one attached hydrogen (secondary N) is 2. The minimum Gasteiger partial charge on any atom is -0.366 e. The number of carbonyl (C=O) groups excluding carboxylic acids is 1. The van der Waals surface area contributed by atoms with Crippen molar-refractivity contribution in [2.45, 2.75) is 32.9 Å². The molecule has 4 rings (SSSR count). The molecular formula is C24H23BrFN5O. The molecule has 2 heterocycles. The highest BCUT2D eigenvalue weighted by Crippen LogP contribution is 2.27. The molecule has 2 N–H and O–H groups in total. The van der Waals surface area contributed by atoms with Crippen LogP contribution in [-0.4, -0.2) is 26.0 Å². The molecular weight excluding hydrogens is 473 g/mol. The molecule has 32 heavy (non-hydrogen) atoms. The second-order valence-corrected chi connectivity index (χ2v) is 9.34. The molecule has 0 fully saturated rings. The molecule has 8 heteroatoms. The van der Waals surface area contributed by atoms with Gasteiger partial charge in [-0.15, -0.1) is 0 Å². The number of nitrogens with zero attached hydrogens (tertiary/aromatic N) is 3. The summed E-state index contributed by atoms with van der Waals surface area (Å²) in [7, 11) is 0. The Balaban J connectivity index is 1.58. The van der Waals surface area contributed by atoms with E-state index in [-0.39, 0.29) is 17.3 Å². The van der Waals surface area contributed by atoms with Gasteiger partial charge in [-0.2, -0.15) is 9.61 Å². The molecule has 164 valence electrons. The van der Waals surface area contributed by atoms with E-state index in [0.29, 0.717) is 39.3 Å². The van der Waals surface area contributed by atoms with Gasteiger partial charge in [-0.1, -0.05) is 24.3 Å². The van der Waals surface area contributed by atoms with Gasteiger partial charge in [-0.05, 0) is 66.5 Å². The number of aromatic nitrogens is 3. The number of benzene rings is 2. The largest absolute Gasteiger partial charge is 0.366 e. The SMILES string of the molecule is CC(C)(C)NC(=O)c1ccc(CNc2cc(-c3ccccc3F)nc3c(Br)cnn23)cc1. The topological polar surface area (TPSA) is 71.3 Å². The summed E-state index contributed by atoms with van der Waals surface area (Å²) in [5.74, 6) is 0.229. The normalized spacial score (nSPS) is 11.5. The van der Waals surface area contributed by atoms with Crippen LogP contribution in [0.5, 0.6) is 0 Å². The molecule has 2 aromatic heterocycles. The fourth-order valence-corrected chi connectivity index (χ4v) is 3.60. The Bertz CT molecular complexity index is 1280. The Labute approximate surface area is 194 Å². The molecule has 0 unspecified atom stereocenters. The van der Waals surface area contributed by atoms with E-state index >= 15 is 0 Å². The Morgan fingerprint density at radius 3 is 2.53 bits per heavy atom. The van der Waals surface area contributed by atoms with Gasteiger partial charge in [0.25, 0.3) is 5.91 Å². The molecule has 4 aromatic rings. The van der Waals surface area contributed by atoms with Crippen LogP contribution >= 0.6 is 15.9 Å². The molecule has 0 saturated heterocycles. The third-order valence-electron chi connectivity index (χ3n) is 4.76. The van der Waals surface area contributed by atoms with Crippen molar-refractivity contribution in [1.29, 1.82) is 0 Å². The third-order valence-corrected chi connectivity index (χ3v) is 5.32. The second-order valence-electron chi connectivity index (χ2n) is 8.49. The van der Waals surface area contributed by atoms with E-state index in [0.717, 1.165) is 5.56 Å². The van der Waals surface area contributed by atoms with Crippen molar-refractivity contribution in [3.63, 3.8) is 0 Å². The summed E-state index contributed by atoms with van der Waals surface area (Å²) in [5, 5.41) is 10.7. The van der Waals surface area contributed by atoms with Crippen LogP contribution in [0.4, 0.5) is 10.2 Å². The fourth-order valence-electron chi connectivity index (χ4n) is 3.25. The zero-order valence-electron chi connectivity index (χ0n) is 18.0. The Morgan fingerprint density at radius 2 is 1.84 bits per heavy atom. The zero-order chi connectivity index (χ0) is 22.9. The maximum atomic E-state index is 14.4. The molecule has 2 aromatic carbocycles. The van der Waals surface area contributed by atoms with Crippen LogP contribution in [0.2, 0.25) is 0 Å². The molecule has 0 spiro atoms. The molecule has 0 aliphatic heterocycles. The van der Waals surface area contributed by atoms with Crippen LogP contribution in [0.25, 0.3) is 16.9 Å². The monoisotopic (exact) mass is 495 g/mol. The summed E-state index contributed by atoms with van der Waals surface area (Å²) in [4.78, 5) is 16.9. The quantitative estimate of drug-likeness (QED) is 0.386. The third kappa shape index (κ3) is 4.80. The number of amides is 1. The lowest BCUT2D eigenvalue weighted by molar-refractivity contribution is 0.0919. The van der Waals surface area contributed by atoms with E-state index in [1.54, 1.807) is 47.1 Å². The first-order chi connectivity index (χ1) is 15.2. The maximum absolute atomic E-state index is 14.4. The highest BCUT2D eigenvalue weighted by molar-refractivity contribution is 9.10. The van der Waals surface area contributed by atoms with Gasteiger partial charge >= 0.3 is 0 Å². The lowest BCUT2D eigenvalue weighted by Crippen LogP contribution is -2.40. The van der Waals surface area contributed by atoms with Crippen molar-refractivity contribution in [3.8, 4) is 11.3 Å². The van der Waals surface area contributed by atoms with Gasteiger partial charge in [0.1, 0.15) is 11.6 Å². The first kappa shape index (κ1) is 22.0. The minimum absolute atomic E-state index is 0.108. The molecule has 0 aliphatic carbocycles. The van der Waals surface area contributed by atoms with Crippen LogP contribution < -0.4 is 10.6 Å². The highest BCUT2D eigenvalue weighted by Gasteiger charge is 2.16. The molecule has 0 bridgehead atoms. The standard InChI is InChI=1S/C24H23BrFN5O/c1-24(2,3)30-23(32)16-10-8-15(9-11-16)13-27-21-12-20(17-6-4-5-7-19(17)26)29-22-18(25)14-28-31(21)22/h4-12,14,27H,13H2,1-3H3,(H,30,32). The molecule has 0 saturated carbocycles. The Morgan fingerprint density at radius 1 is 1.12 bits per heavy atom. The Hall–Kier alpha value is -3.26. The zero-order valence-corrected chi connectivity index (χ0v) is 19.6. The van der Waals surface area contributed by atoms with Crippen LogP contribution in [0.1, 0.15) is 36.7 Å². The van der Waals surface area contributed by atoms with Gasteiger partial charge in [0.2, 0.25) is 0 Å². The molecule has 0 atom stereocenters. The number of halogens is 2. The van der Waals surface area contributed by atoms with Crippen molar-refractivity contribution in [1.82, 2.24) is 19.9 Å². The van der Waals surface area contributed by atoms with Crippen LogP contribution in [-0.2, 0) is 6.54 Å². The van der Waals surface area contributed by atoms with E-state index in [1.807, 2.05) is 32.9 Å². The lowest BCUT2D eigenvalue weighted by atomic mass is 10.1. The average molecular weight is 496 g/mol. The summed E-state index contributed by atoms with van der Waals surface area (Å²) >= 11 is 3.46. The number of rotatable bonds is 5. The maximum Gasteiger partial charge on any atom is 0.251 e. The van der Waals surface area contributed by atoms with Crippen molar-refractivity contribution in [2.75, 3.05) is 5.32 Å². The van der Waals surface area contributed by atoms with Gasteiger partial charge in [0, 0.05) is 29.3 Å². The van der Waals surface area contributed by atoms with E-state index in [2.05, 4.69) is 36.6 Å². The van der Waals surface area contributed by atoms with Gasteiger partial charge in [-0.3, -0.25) is 4.79 Å².